The maximum absolute atomic E-state index is 13.0. The molecule has 1 atom stereocenters. The number of furan rings is 1. The Balaban J connectivity index is 2.17. The molecule has 0 aliphatic rings. The lowest BCUT2D eigenvalue weighted by atomic mass is 10.2. The van der Waals surface area contributed by atoms with Gasteiger partial charge in [-0.25, -0.2) is 8.42 Å². The van der Waals surface area contributed by atoms with Gasteiger partial charge in [0.1, 0.15) is 11.0 Å². The van der Waals surface area contributed by atoms with Crippen molar-refractivity contribution in [3.8, 4) is 0 Å². The van der Waals surface area contributed by atoms with Gasteiger partial charge in [0, 0.05) is 13.1 Å². The third kappa shape index (κ3) is 5.43. The topological polar surface area (TPSA) is 105 Å². The second-order valence-corrected chi connectivity index (χ2v) is 8.81. The van der Waals surface area contributed by atoms with Gasteiger partial charge in [0.2, 0.25) is 0 Å². The molecule has 0 aliphatic heterocycles. The van der Waals surface area contributed by atoms with Gasteiger partial charge in [-0.1, -0.05) is 31.5 Å². The summed E-state index contributed by atoms with van der Waals surface area (Å²) in [5.74, 6) is -1.29. The van der Waals surface area contributed by atoms with Crippen LogP contribution in [0.15, 0.2) is 52.0 Å². The lowest BCUT2D eigenvalue weighted by Crippen LogP contribution is -2.43. The van der Waals surface area contributed by atoms with Gasteiger partial charge in [0.25, 0.3) is 0 Å². The van der Waals surface area contributed by atoms with Crippen LogP contribution in [0, 0.1) is 12.8 Å². The van der Waals surface area contributed by atoms with Crippen molar-refractivity contribution in [3.63, 3.8) is 0 Å². The number of carbonyl (C=O) groups is 2. The maximum Gasteiger partial charge on any atom is 0.309 e. The number of hydrogen-bond donors (Lipinski definition) is 2. The third-order valence-corrected chi connectivity index (χ3v) is 5.99. The van der Waals surface area contributed by atoms with Gasteiger partial charge in [-0.05, 0) is 37.1 Å². The average Bonchev–Trinajstić information content (AvgIpc) is 3.14. The first-order valence-corrected chi connectivity index (χ1v) is 10.2. The molecule has 2 amide bonds. The fourth-order valence-corrected chi connectivity index (χ4v) is 3.96. The number of aryl methyl sites for hydroxylation is 1. The van der Waals surface area contributed by atoms with Crippen LogP contribution < -0.4 is 10.6 Å². The van der Waals surface area contributed by atoms with Crippen molar-refractivity contribution < 1.29 is 22.4 Å². The standard InChI is InChI=1S/C19H24N2O5S/c1-13(2)11-20-18(22)19(23)21-12-17(16-5-4-10-26-16)27(24,25)15-8-6-14(3)7-9-15/h4-10,13,17H,11-12H2,1-3H3,(H,20,22)(H,21,23)/t17-/m1/s1. The van der Waals surface area contributed by atoms with Gasteiger partial charge in [0.15, 0.2) is 9.84 Å². The van der Waals surface area contributed by atoms with Crippen molar-refractivity contribution >= 4 is 21.7 Å². The number of hydrogen-bond acceptors (Lipinski definition) is 5. The summed E-state index contributed by atoms with van der Waals surface area (Å²) < 4.78 is 31.3. The van der Waals surface area contributed by atoms with E-state index in [4.69, 9.17) is 4.42 Å². The van der Waals surface area contributed by atoms with Crippen molar-refractivity contribution in [1.29, 1.82) is 0 Å². The Labute approximate surface area is 159 Å². The van der Waals surface area contributed by atoms with Crippen LogP contribution >= 0.6 is 0 Å². The number of sulfone groups is 1. The first-order chi connectivity index (χ1) is 12.7. The molecule has 1 aromatic heterocycles. The molecule has 0 saturated heterocycles. The maximum atomic E-state index is 13.0. The lowest BCUT2D eigenvalue weighted by molar-refractivity contribution is -0.139. The van der Waals surface area contributed by atoms with Crippen LogP contribution in [0.25, 0.3) is 0 Å². The molecule has 1 aromatic carbocycles. The monoisotopic (exact) mass is 392 g/mol. The Bertz CT molecular complexity index is 871. The van der Waals surface area contributed by atoms with E-state index in [9.17, 15) is 18.0 Å². The number of carbonyl (C=O) groups excluding carboxylic acids is 2. The van der Waals surface area contributed by atoms with Gasteiger partial charge in [-0.3, -0.25) is 9.59 Å². The fourth-order valence-electron chi connectivity index (χ4n) is 2.37. The van der Waals surface area contributed by atoms with Crippen LogP contribution in [0.5, 0.6) is 0 Å². The summed E-state index contributed by atoms with van der Waals surface area (Å²) in [5, 5.41) is 3.74. The molecule has 146 valence electrons. The molecule has 0 unspecified atom stereocenters. The van der Waals surface area contributed by atoms with Crippen LogP contribution in [-0.2, 0) is 19.4 Å². The number of benzene rings is 1. The molecular weight excluding hydrogens is 368 g/mol. The van der Waals surface area contributed by atoms with Crippen molar-refractivity contribution in [1.82, 2.24) is 10.6 Å². The smallest absolute Gasteiger partial charge is 0.309 e. The molecule has 2 aromatic rings. The predicted octanol–water partition coefficient (Wildman–Crippen LogP) is 1.99. The Hall–Kier alpha value is -2.61. The molecule has 0 radical (unpaired) electrons. The average molecular weight is 392 g/mol. The highest BCUT2D eigenvalue weighted by molar-refractivity contribution is 7.91. The molecule has 1 heterocycles. The van der Waals surface area contributed by atoms with E-state index in [1.807, 2.05) is 20.8 Å². The van der Waals surface area contributed by atoms with E-state index >= 15 is 0 Å². The number of nitrogens with one attached hydrogen (secondary N) is 2. The third-order valence-electron chi connectivity index (χ3n) is 3.91. The van der Waals surface area contributed by atoms with E-state index in [0.717, 1.165) is 5.56 Å². The molecule has 7 nitrogen and oxygen atoms in total. The van der Waals surface area contributed by atoms with Gasteiger partial charge < -0.3 is 15.1 Å². The molecule has 0 fully saturated rings. The van der Waals surface area contributed by atoms with Crippen LogP contribution in [0.2, 0.25) is 0 Å². The van der Waals surface area contributed by atoms with Gasteiger partial charge in [-0.2, -0.15) is 0 Å². The molecule has 2 N–H and O–H groups in total. The van der Waals surface area contributed by atoms with E-state index in [1.54, 1.807) is 18.2 Å². The van der Waals surface area contributed by atoms with E-state index in [0.29, 0.717) is 6.54 Å². The van der Waals surface area contributed by atoms with Crippen molar-refractivity contribution in [2.75, 3.05) is 13.1 Å². The predicted molar refractivity (Wildman–Crippen MR) is 101 cm³/mol. The van der Waals surface area contributed by atoms with Crippen LogP contribution in [0.1, 0.15) is 30.4 Å². The van der Waals surface area contributed by atoms with Crippen molar-refractivity contribution in [2.45, 2.75) is 30.9 Å². The second kappa shape index (κ2) is 8.85. The zero-order valence-electron chi connectivity index (χ0n) is 15.6. The molecule has 0 aliphatic carbocycles. The zero-order chi connectivity index (χ0) is 20.0. The summed E-state index contributed by atoms with van der Waals surface area (Å²) >= 11 is 0. The van der Waals surface area contributed by atoms with Crippen LogP contribution in [0.3, 0.4) is 0 Å². The van der Waals surface area contributed by atoms with Crippen molar-refractivity contribution in [3.05, 3.63) is 54.0 Å². The van der Waals surface area contributed by atoms with E-state index in [1.165, 1.54) is 24.5 Å². The van der Waals surface area contributed by atoms with Crippen LogP contribution in [-0.4, -0.2) is 33.3 Å². The van der Waals surface area contributed by atoms with E-state index in [-0.39, 0.29) is 23.1 Å². The van der Waals surface area contributed by atoms with E-state index in [2.05, 4.69) is 10.6 Å². The fraction of sp³-hybridized carbons (Fsp3) is 0.368. The lowest BCUT2D eigenvalue weighted by Gasteiger charge is -2.17. The van der Waals surface area contributed by atoms with Crippen molar-refractivity contribution in [2.24, 2.45) is 5.92 Å². The second-order valence-electron chi connectivity index (χ2n) is 6.68. The quantitative estimate of drug-likeness (QED) is 0.701. The highest BCUT2D eigenvalue weighted by Crippen LogP contribution is 2.29. The summed E-state index contributed by atoms with van der Waals surface area (Å²) in [6, 6.07) is 9.52. The Kier molecular flexibility index (Phi) is 6.79. The molecule has 0 saturated carbocycles. The van der Waals surface area contributed by atoms with Gasteiger partial charge in [-0.15, -0.1) is 0 Å². The summed E-state index contributed by atoms with van der Waals surface area (Å²) in [7, 11) is -3.83. The molecular formula is C19H24N2O5S. The first kappa shape index (κ1) is 20.7. The highest BCUT2D eigenvalue weighted by atomic mass is 32.2. The normalized spacial score (nSPS) is 12.6. The molecule has 27 heavy (non-hydrogen) atoms. The van der Waals surface area contributed by atoms with Gasteiger partial charge in [0.05, 0.1) is 11.2 Å². The highest BCUT2D eigenvalue weighted by Gasteiger charge is 2.32. The minimum absolute atomic E-state index is 0.119. The van der Waals surface area contributed by atoms with Gasteiger partial charge >= 0.3 is 11.8 Å². The van der Waals surface area contributed by atoms with E-state index < -0.39 is 26.9 Å². The Morgan fingerprint density at radius 3 is 2.11 bits per heavy atom. The number of rotatable bonds is 7. The Morgan fingerprint density at radius 1 is 1.00 bits per heavy atom. The summed E-state index contributed by atoms with van der Waals surface area (Å²) in [6.07, 6.45) is 1.37. The molecule has 8 heteroatoms. The molecule has 0 bridgehead atoms. The first-order valence-electron chi connectivity index (χ1n) is 8.61. The largest absolute Gasteiger partial charge is 0.468 e. The SMILES string of the molecule is Cc1ccc(S(=O)(=O)[C@H](CNC(=O)C(=O)NCC(C)C)c2ccco2)cc1. The Morgan fingerprint density at radius 2 is 1.59 bits per heavy atom. The minimum Gasteiger partial charge on any atom is -0.468 e. The summed E-state index contributed by atoms with van der Waals surface area (Å²) in [5.41, 5.74) is 0.929. The molecule has 0 spiro atoms. The number of amides is 2. The minimum atomic E-state index is -3.83. The summed E-state index contributed by atoms with van der Waals surface area (Å²) in [6.45, 7) is 5.74. The zero-order valence-corrected chi connectivity index (χ0v) is 16.4. The molecule has 2 rings (SSSR count). The van der Waals surface area contributed by atoms with Crippen LogP contribution in [0.4, 0.5) is 0 Å². The summed E-state index contributed by atoms with van der Waals surface area (Å²) in [4.78, 5) is 23.9.